The Balaban J connectivity index is 1.61. The van der Waals surface area contributed by atoms with Gasteiger partial charge in [0.15, 0.2) is 5.96 Å². The molecule has 0 spiro atoms. The minimum absolute atomic E-state index is 0.441. The third-order valence-corrected chi connectivity index (χ3v) is 5.33. The molecule has 2 aromatic rings. The summed E-state index contributed by atoms with van der Waals surface area (Å²) in [5.74, 6) is 2.76. The van der Waals surface area contributed by atoms with Crippen LogP contribution in [0.25, 0.3) is 0 Å². The van der Waals surface area contributed by atoms with Crippen molar-refractivity contribution < 1.29 is 4.74 Å². The molecule has 0 aliphatic carbocycles. The Morgan fingerprint density at radius 3 is 2.96 bits per heavy atom. The largest absolute Gasteiger partial charge is 0.493 e. The molecule has 5 nitrogen and oxygen atoms in total. The number of hydrogen-bond donors (Lipinski definition) is 2. The van der Waals surface area contributed by atoms with Crippen LogP contribution in [-0.2, 0) is 6.54 Å². The van der Waals surface area contributed by atoms with E-state index >= 15 is 0 Å². The predicted molar refractivity (Wildman–Crippen MR) is 108 cm³/mol. The van der Waals surface area contributed by atoms with Crippen molar-refractivity contribution in [3.05, 3.63) is 45.9 Å². The molecule has 1 aromatic heterocycles. The summed E-state index contributed by atoms with van der Waals surface area (Å²) in [5.41, 5.74) is 2.43. The Bertz CT molecular complexity index is 741. The fraction of sp³-hybridized carbons (Fsp3) is 0.500. The van der Waals surface area contributed by atoms with Crippen molar-refractivity contribution in [3.63, 3.8) is 0 Å². The number of nitrogens with zero attached hydrogens (tertiary/aromatic N) is 2. The first kappa shape index (κ1) is 18.7. The number of rotatable bonds is 6. The second-order valence-electron chi connectivity index (χ2n) is 6.77. The monoisotopic (exact) mass is 372 g/mol. The molecule has 1 aliphatic rings. The number of hydrogen-bond acceptors (Lipinski definition) is 4. The molecule has 3 rings (SSSR count). The molecule has 0 fully saturated rings. The number of aromatic nitrogens is 1. The molecule has 140 valence electrons. The van der Waals surface area contributed by atoms with Gasteiger partial charge in [0.2, 0.25) is 0 Å². The maximum Gasteiger partial charge on any atom is 0.191 e. The summed E-state index contributed by atoms with van der Waals surface area (Å²) in [4.78, 5) is 9.37. The van der Waals surface area contributed by atoms with Gasteiger partial charge >= 0.3 is 0 Å². The molecule has 1 aliphatic heterocycles. The first-order chi connectivity index (χ1) is 12.7. The summed E-state index contributed by atoms with van der Waals surface area (Å²) in [7, 11) is 0. The second-order valence-corrected chi connectivity index (χ2v) is 7.71. The summed E-state index contributed by atoms with van der Waals surface area (Å²) in [5, 5.41) is 10.0. The van der Waals surface area contributed by atoms with Crippen LogP contribution >= 0.6 is 11.3 Å². The molecule has 1 atom stereocenters. The van der Waals surface area contributed by atoms with Gasteiger partial charge in [0.1, 0.15) is 10.8 Å². The van der Waals surface area contributed by atoms with Crippen molar-refractivity contribution in [3.8, 4) is 5.75 Å². The summed E-state index contributed by atoms with van der Waals surface area (Å²) >= 11 is 1.68. The lowest BCUT2D eigenvalue weighted by Gasteiger charge is -2.26. The highest BCUT2D eigenvalue weighted by molar-refractivity contribution is 7.09. The third-order valence-electron chi connectivity index (χ3n) is 4.48. The van der Waals surface area contributed by atoms with Crippen molar-refractivity contribution in [1.29, 1.82) is 0 Å². The Kier molecular flexibility index (Phi) is 6.50. The Hall–Kier alpha value is -2.08. The van der Waals surface area contributed by atoms with Gasteiger partial charge in [-0.15, -0.1) is 11.3 Å². The van der Waals surface area contributed by atoms with Crippen molar-refractivity contribution in [2.24, 2.45) is 4.99 Å². The Labute approximate surface area is 159 Å². The summed E-state index contributed by atoms with van der Waals surface area (Å²) < 4.78 is 5.75. The smallest absolute Gasteiger partial charge is 0.191 e. The molecule has 0 bridgehead atoms. The van der Waals surface area contributed by atoms with E-state index in [2.05, 4.69) is 60.0 Å². The van der Waals surface area contributed by atoms with Gasteiger partial charge in [-0.25, -0.2) is 9.98 Å². The van der Waals surface area contributed by atoms with Crippen LogP contribution in [0.1, 0.15) is 55.3 Å². The molecule has 0 saturated carbocycles. The zero-order valence-corrected chi connectivity index (χ0v) is 16.6. The fourth-order valence-electron chi connectivity index (χ4n) is 3.00. The normalized spacial score (nSPS) is 16.9. The zero-order valence-electron chi connectivity index (χ0n) is 15.8. The van der Waals surface area contributed by atoms with Gasteiger partial charge in [0, 0.05) is 24.4 Å². The molecule has 2 heterocycles. The number of thiazole rings is 1. The van der Waals surface area contributed by atoms with Crippen molar-refractivity contribution in [1.82, 2.24) is 15.6 Å². The van der Waals surface area contributed by atoms with Crippen LogP contribution in [0.3, 0.4) is 0 Å². The number of nitrogens with one attached hydrogen (secondary N) is 2. The van der Waals surface area contributed by atoms with Crippen molar-refractivity contribution in [2.75, 3.05) is 19.7 Å². The third kappa shape index (κ3) is 4.75. The molecule has 0 saturated heterocycles. The summed E-state index contributed by atoms with van der Waals surface area (Å²) in [6.07, 6.45) is 1.02. The van der Waals surface area contributed by atoms with Gasteiger partial charge in [-0.3, -0.25) is 0 Å². The quantitative estimate of drug-likeness (QED) is 0.597. The van der Waals surface area contributed by atoms with E-state index in [9.17, 15) is 0 Å². The van der Waals surface area contributed by atoms with E-state index in [0.717, 1.165) is 48.5 Å². The topological polar surface area (TPSA) is 58.5 Å². The highest BCUT2D eigenvalue weighted by Crippen LogP contribution is 2.32. The van der Waals surface area contributed by atoms with Gasteiger partial charge in [-0.2, -0.15) is 0 Å². The maximum absolute atomic E-state index is 5.75. The van der Waals surface area contributed by atoms with Gasteiger partial charge < -0.3 is 15.4 Å². The highest BCUT2D eigenvalue weighted by atomic mass is 32.1. The zero-order chi connectivity index (χ0) is 18.4. The lowest BCUT2D eigenvalue weighted by atomic mass is 9.93. The molecule has 6 heteroatoms. The lowest BCUT2D eigenvalue weighted by molar-refractivity contribution is 0.267. The van der Waals surface area contributed by atoms with E-state index in [4.69, 9.17) is 9.73 Å². The SMILES string of the molecule is CCNC(=NCc1nc(C(C)C)cs1)NCC1CCOc2ccccc21. The number of aliphatic imine (C=N–C) groups is 1. The first-order valence-electron chi connectivity index (χ1n) is 9.35. The molecule has 0 amide bonds. The van der Waals surface area contributed by atoms with E-state index in [-0.39, 0.29) is 0 Å². The van der Waals surface area contributed by atoms with Crippen LogP contribution in [0, 0.1) is 0 Å². The van der Waals surface area contributed by atoms with Crippen LogP contribution in [0.5, 0.6) is 5.75 Å². The number of benzene rings is 1. The van der Waals surface area contributed by atoms with Crippen LogP contribution in [0.4, 0.5) is 0 Å². The standard InChI is InChI=1S/C20H28N4OS/c1-4-21-20(23-12-19-24-17(13-26-19)14(2)3)22-11-15-9-10-25-18-8-6-5-7-16(15)18/h5-8,13-15H,4,9-12H2,1-3H3,(H2,21,22,23). The number of fused-ring (bicyclic) bond motifs is 1. The number of guanidine groups is 1. The van der Waals surface area contributed by atoms with Crippen LogP contribution in [0.15, 0.2) is 34.6 Å². The average molecular weight is 373 g/mol. The molecule has 1 aromatic carbocycles. The molecular weight excluding hydrogens is 344 g/mol. The Morgan fingerprint density at radius 1 is 1.35 bits per heavy atom. The van der Waals surface area contributed by atoms with Crippen LogP contribution < -0.4 is 15.4 Å². The number of ether oxygens (including phenoxy) is 1. The number of para-hydroxylation sites is 1. The van der Waals surface area contributed by atoms with E-state index in [1.165, 1.54) is 5.56 Å². The molecule has 26 heavy (non-hydrogen) atoms. The van der Waals surface area contributed by atoms with E-state index < -0.39 is 0 Å². The fourth-order valence-corrected chi connectivity index (χ4v) is 3.88. The van der Waals surface area contributed by atoms with Gasteiger partial charge in [-0.1, -0.05) is 32.0 Å². The van der Waals surface area contributed by atoms with E-state index in [0.29, 0.717) is 18.4 Å². The van der Waals surface area contributed by atoms with Gasteiger partial charge in [0.25, 0.3) is 0 Å². The minimum atomic E-state index is 0.441. The van der Waals surface area contributed by atoms with Crippen molar-refractivity contribution >= 4 is 17.3 Å². The lowest BCUT2D eigenvalue weighted by Crippen LogP contribution is -2.40. The second kappa shape index (κ2) is 9.03. The van der Waals surface area contributed by atoms with Crippen LogP contribution in [0.2, 0.25) is 0 Å². The molecule has 2 N–H and O–H groups in total. The van der Waals surface area contributed by atoms with E-state index in [1.54, 1.807) is 11.3 Å². The van der Waals surface area contributed by atoms with E-state index in [1.807, 2.05) is 6.07 Å². The van der Waals surface area contributed by atoms with Gasteiger partial charge in [0.05, 0.1) is 18.8 Å². The average Bonchev–Trinajstić information content (AvgIpc) is 3.13. The minimum Gasteiger partial charge on any atom is -0.493 e. The highest BCUT2D eigenvalue weighted by Gasteiger charge is 2.21. The molecular formula is C20H28N4OS. The first-order valence-corrected chi connectivity index (χ1v) is 10.2. The Morgan fingerprint density at radius 2 is 2.19 bits per heavy atom. The molecule has 0 radical (unpaired) electrons. The van der Waals surface area contributed by atoms with Gasteiger partial charge in [-0.05, 0) is 30.9 Å². The summed E-state index contributed by atoms with van der Waals surface area (Å²) in [6, 6.07) is 8.32. The maximum atomic E-state index is 5.75. The molecule has 1 unspecified atom stereocenters. The van der Waals surface area contributed by atoms with Crippen molar-refractivity contribution in [2.45, 2.75) is 45.6 Å². The predicted octanol–water partition coefficient (Wildman–Crippen LogP) is 3.89. The van der Waals surface area contributed by atoms with Crippen LogP contribution in [-0.4, -0.2) is 30.6 Å². The summed E-state index contributed by atoms with van der Waals surface area (Å²) in [6.45, 7) is 9.48.